The van der Waals surface area contributed by atoms with Crippen LogP contribution in [0.25, 0.3) is 88.7 Å². The smallest absolute Gasteiger partial charge is 0.0541 e. The highest BCUT2D eigenvalue weighted by molar-refractivity contribution is 6.10. The summed E-state index contributed by atoms with van der Waals surface area (Å²) in [7, 11) is 0. The van der Waals surface area contributed by atoms with Crippen molar-refractivity contribution in [1.82, 2.24) is 4.57 Å². The van der Waals surface area contributed by atoms with Crippen molar-refractivity contribution in [3.05, 3.63) is 278 Å². The lowest BCUT2D eigenvalue weighted by Gasteiger charge is -2.26. The molecule has 0 radical (unpaired) electrons. The van der Waals surface area contributed by atoms with E-state index in [2.05, 4.69) is 270 Å². The Hall–Kier alpha value is -8.72. The summed E-state index contributed by atoms with van der Waals surface area (Å²) in [6.45, 7) is 0. The number of aromatic nitrogens is 1. The molecule has 0 bridgehead atoms. The van der Waals surface area contributed by atoms with Gasteiger partial charge in [-0.2, -0.15) is 0 Å². The molecule has 1 aliphatic carbocycles. The first-order chi connectivity index (χ1) is 33.7. The largest absolute Gasteiger partial charge is 0.313 e. The van der Waals surface area contributed by atoms with Gasteiger partial charge in [-0.3, -0.25) is 0 Å². The normalized spacial score (nSPS) is 14.1. The summed E-state index contributed by atoms with van der Waals surface area (Å²) in [6, 6.07) is 90.9. The summed E-state index contributed by atoms with van der Waals surface area (Å²) in [4.78, 5) is 2.46. The van der Waals surface area contributed by atoms with Crippen LogP contribution in [0.4, 0.5) is 11.4 Å². The highest BCUT2D eigenvalue weighted by atomic mass is 15.2. The van der Waals surface area contributed by atoms with Gasteiger partial charge in [0, 0.05) is 39.4 Å². The molecule has 0 spiro atoms. The van der Waals surface area contributed by atoms with E-state index < -0.39 is 0 Å². The maximum absolute atomic E-state index is 2.46. The fraction of sp³-hybridized carbons (Fsp3) is 0.0303. The van der Waals surface area contributed by atoms with Crippen LogP contribution in [0, 0.1) is 0 Å². The van der Waals surface area contributed by atoms with Crippen molar-refractivity contribution in [3.63, 3.8) is 0 Å². The fourth-order valence-electron chi connectivity index (χ4n) is 10.8. The number of benzene rings is 10. The second kappa shape index (κ2) is 16.6. The number of hydrogen-bond donors (Lipinski definition) is 0. The molecule has 0 N–H and O–H groups in total. The predicted molar refractivity (Wildman–Crippen MR) is 286 cm³/mol. The van der Waals surface area contributed by atoms with E-state index in [0.29, 0.717) is 0 Å². The third kappa shape index (κ3) is 6.98. The Morgan fingerprint density at radius 1 is 0.309 bits per heavy atom. The molecule has 1 unspecified atom stereocenters. The first kappa shape index (κ1) is 39.6. The SMILES string of the molecule is C1=C(c2ccc3c(c2)c2ccccc2n3-c2ccc(-c3ccc(-c4cccc(-c5cccc(-c6ccccc6)c5)c4)cc3)cc2)CC2C(=C1)N(c1ccc(-c3ccccc3)cc1)c1ccccc12. The molecule has 2 heterocycles. The Balaban J connectivity index is 0.775. The van der Waals surface area contributed by atoms with Gasteiger partial charge >= 0.3 is 0 Å². The summed E-state index contributed by atoms with van der Waals surface area (Å²) in [5.74, 6) is 0.284. The van der Waals surface area contributed by atoms with Crippen molar-refractivity contribution >= 4 is 38.8 Å². The summed E-state index contributed by atoms with van der Waals surface area (Å²) >= 11 is 0. The zero-order chi connectivity index (χ0) is 45.0. The number of anilines is 2. The molecule has 2 nitrogen and oxygen atoms in total. The lowest BCUT2D eigenvalue weighted by molar-refractivity contribution is 0.832. The molecule has 1 aliphatic heterocycles. The molecular formula is C66H46N2. The Bertz CT molecular complexity index is 3730. The first-order valence-electron chi connectivity index (χ1n) is 23.7. The number of allylic oxidation sites excluding steroid dienone is 4. The van der Waals surface area contributed by atoms with Crippen molar-refractivity contribution in [3.8, 4) is 61.3 Å². The Morgan fingerprint density at radius 2 is 0.765 bits per heavy atom. The van der Waals surface area contributed by atoms with Crippen LogP contribution in [-0.4, -0.2) is 4.57 Å². The molecule has 320 valence electrons. The van der Waals surface area contributed by atoms with Crippen molar-refractivity contribution in [1.29, 1.82) is 0 Å². The number of nitrogens with zero attached hydrogens (tertiary/aromatic N) is 2. The lowest BCUT2D eigenvalue weighted by atomic mass is 9.84. The maximum Gasteiger partial charge on any atom is 0.0541 e. The van der Waals surface area contributed by atoms with Gasteiger partial charge in [0.2, 0.25) is 0 Å². The molecule has 13 rings (SSSR count). The van der Waals surface area contributed by atoms with Crippen molar-refractivity contribution in [2.75, 3.05) is 4.90 Å². The zero-order valence-electron chi connectivity index (χ0n) is 37.5. The van der Waals surface area contributed by atoms with Gasteiger partial charge in [-0.15, -0.1) is 0 Å². The average Bonchev–Trinajstić information content (AvgIpc) is 3.94. The van der Waals surface area contributed by atoms with Crippen LogP contribution in [-0.2, 0) is 0 Å². The fourth-order valence-corrected chi connectivity index (χ4v) is 10.8. The number of fused-ring (bicyclic) bond motifs is 6. The molecule has 68 heavy (non-hydrogen) atoms. The van der Waals surface area contributed by atoms with Crippen molar-refractivity contribution in [2.24, 2.45) is 0 Å². The van der Waals surface area contributed by atoms with E-state index in [0.717, 1.165) is 12.1 Å². The van der Waals surface area contributed by atoms with E-state index >= 15 is 0 Å². The van der Waals surface area contributed by atoms with E-state index in [4.69, 9.17) is 0 Å². The maximum atomic E-state index is 2.46. The molecule has 1 atom stereocenters. The van der Waals surface area contributed by atoms with E-state index in [1.807, 2.05) is 0 Å². The quantitative estimate of drug-likeness (QED) is 0.148. The van der Waals surface area contributed by atoms with Gasteiger partial charge < -0.3 is 9.47 Å². The van der Waals surface area contributed by atoms with E-state index in [1.165, 1.54) is 111 Å². The second-order valence-corrected chi connectivity index (χ2v) is 18.1. The van der Waals surface area contributed by atoms with Crippen LogP contribution >= 0.6 is 0 Å². The predicted octanol–water partition coefficient (Wildman–Crippen LogP) is 17.7. The van der Waals surface area contributed by atoms with Gasteiger partial charge in [-0.05, 0) is 145 Å². The minimum atomic E-state index is 0.284. The molecule has 2 aliphatic rings. The topological polar surface area (TPSA) is 8.17 Å². The van der Waals surface area contributed by atoms with E-state index in [-0.39, 0.29) is 5.92 Å². The summed E-state index contributed by atoms with van der Waals surface area (Å²) in [5, 5.41) is 2.54. The van der Waals surface area contributed by atoms with Crippen LogP contribution in [0.2, 0.25) is 0 Å². The van der Waals surface area contributed by atoms with Crippen molar-refractivity contribution < 1.29 is 0 Å². The van der Waals surface area contributed by atoms with Gasteiger partial charge in [-0.25, -0.2) is 0 Å². The molecule has 11 aromatic rings. The van der Waals surface area contributed by atoms with Gasteiger partial charge in [0.25, 0.3) is 0 Å². The number of rotatable bonds is 8. The monoisotopic (exact) mass is 866 g/mol. The van der Waals surface area contributed by atoms with Crippen LogP contribution in [0.3, 0.4) is 0 Å². The second-order valence-electron chi connectivity index (χ2n) is 18.1. The van der Waals surface area contributed by atoms with Crippen LogP contribution in [0.1, 0.15) is 23.5 Å². The van der Waals surface area contributed by atoms with E-state index in [1.54, 1.807) is 0 Å². The molecule has 0 fully saturated rings. The third-order valence-electron chi connectivity index (χ3n) is 14.2. The Morgan fingerprint density at radius 3 is 1.41 bits per heavy atom. The summed E-state index contributed by atoms with van der Waals surface area (Å²) in [6.07, 6.45) is 5.67. The summed E-state index contributed by atoms with van der Waals surface area (Å²) < 4.78 is 2.42. The van der Waals surface area contributed by atoms with Crippen LogP contribution in [0.5, 0.6) is 0 Å². The minimum Gasteiger partial charge on any atom is -0.313 e. The lowest BCUT2D eigenvalue weighted by Crippen LogP contribution is -2.15. The van der Waals surface area contributed by atoms with Gasteiger partial charge in [-0.1, -0.05) is 194 Å². The zero-order valence-corrected chi connectivity index (χ0v) is 37.5. The van der Waals surface area contributed by atoms with Gasteiger partial charge in [0.15, 0.2) is 0 Å². The first-order valence-corrected chi connectivity index (χ1v) is 23.7. The molecule has 0 saturated heterocycles. The molecule has 2 heteroatoms. The molecule has 1 aromatic heterocycles. The Labute approximate surface area is 397 Å². The van der Waals surface area contributed by atoms with Gasteiger partial charge in [0.1, 0.15) is 0 Å². The number of hydrogen-bond acceptors (Lipinski definition) is 1. The highest BCUT2D eigenvalue weighted by Crippen LogP contribution is 2.53. The molecule has 0 saturated carbocycles. The van der Waals surface area contributed by atoms with Crippen LogP contribution < -0.4 is 4.90 Å². The Kier molecular flexibility index (Phi) is 9.68. The van der Waals surface area contributed by atoms with Gasteiger partial charge in [0.05, 0.1) is 11.0 Å². The summed E-state index contributed by atoms with van der Waals surface area (Å²) in [5.41, 5.74) is 23.6. The van der Waals surface area contributed by atoms with Crippen molar-refractivity contribution in [2.45, 2.75) is 12.3 Å². The average molecular weight is 867 g/mol. The van der Waals surface area contributed by atoms with E-state index in [9.17, 15) is 0 Å². The molecule has 10 aromatic carbocycles. The molecule has 0 amide bonds. The third-order valence-corrected chi connectivity index (χ3v) is 14.2. The minimum absolute atomic E-state index is 0.284. The van der Waals surface area contributed by atoms with Crippen LogP contribution in [0.15, 0.2) is 267 Å². The number of para-hydroxylation sites is 2. The standard InChI is InChI=1S/C66H46N2/c1-3-13-45(14-4-1)48-29-35-57(36-30-48)67-63-23-9-7-21-59(63)61-43-55(33-39-65(61)67)56-34-40-66-62(44-56)60-22-8-10-24-64(60)68(66)58-37-31-49(32-38-58)47-25-27-50(28-26-47)52-18-12-20-54(42-52)53-19-11-17-51(41-53)46-15-5-2-6-16-46/h1-42,44,61H,43H2. The molecular weight excluding hydrogens is 821 g/mol. The highest BCUT2D eigenvalue weighted by Gasteiger charge is 2.36.